The van der Waals surface area contributed by atoms with Crippen LogP contribution in [0, 0.1) is 0 Å². The zero-order valence-corrected chi connectivity index (χ0v) is 27.5. The molecule has 13 heteroatoms. The second kappa shape index (κ2) is 17.6. The molecule has 0 atom stereocenters. The number of carbonyl (C=O) groups is 6. The zero-order valence-electron chi connectivity index (χ0n) is 27.5. The SMILES string of the molecule is C=C(C)C(=O)OCCOC(=O)c1cc(C(=O)Nc2ccc(Oc3ccc(NC)cc3)cc2)c(C(=O)OCCOC(=O)C(=C)C)cc1C(C)=O. The Labute approximate surface area is 282 Å². The first-order chi connectivity index (χ1) is 23.3. The average Bonchev–Trinajstić information content (AvgIpc) is 3.08. The van der Waals surface area contributed by atoms with E-state index in [-0.39, 0.29) is 59.8 Å². The summed E-state index contributed by atoms with van der Waals surface area (Å²) in [6.07, 6.45) is 0. The van der Waals surface area contributed by atoms with E-state index in [9.17, 15) is 28.8 Å². The molecule has 2 N–H and O–H groups in total. The third-order valence-corrected chi connectivity index (χ3v) is 6.51. The first-order valence-electron chi connectivity index (χ1n) is 14.9. The molecule has 0 unspecified atom stereocenters. The molecule has 0 heterocycles. The van der Waals surface area contributed by atoms with E-state index in [2.05, 4.69) is 23.8 Å². The topological polar surface area (TPSA) is 173 Å². The van der Waals surface area contributed by atoms with Crippen LogP contribution in [0.15, 0.2) is 85.0 Å². The van der Waals surface area contributed by atoms with Crippen molar-refractivity contribution >= 4 is 46.9 Å². The maximum absolute atomic E-state index is 13.6. The molecular weight excluding hydrogens is 636 g/mol. The van der Waals surface area contributed by atoms with Gasteiger partial charge in [0.2, 0.25) is 0 Å². The molecule has 0 aliphatic carbocycles. The number of nitrogens with one attached hydrogen (secondary N) is 2. The van der Waals surface area contributed by atoms with Gasteiger partial charge in [0.1, 0.15) is 37.9 Å². The van der Waals surface area contributed by atoms with Crippen molar-refractivity contribution in [3.63, 3.8) is 0 Å². The first-order valence-corrected chi connectivity index (χ1v) is 14.9. The van der Waals surface area contributed by atoms with E-state index in [1.54, 1.807) is 43.4 Å². The number of esters is 4. The smallest absolute Gasteiger partial charge is 0.339 e. The van der Waals surface area contributed by atoms with Crippen LogP contribution in [0.4, 0.5) is 11.4 Å². The lowest BCUT2D eigenvalue weighted by Gasteiger charge is -2.15. The number of carbonyl (C=O) groups excluding carboxylic acids is 6. The van der Waals surface area contributed by atoms with Crippen molar-refractivity contribution in [3.05, 3.63) is 107 Å². The second-order valence-electron chi connectivity index (χ2n) is 10.5. The van der Waals surface area contributed by atoms with Gasteiger partial charge in [-0.15, -0.1) is 0 Å². The van der Waals surface area contributed by atoms with Gasteiger partial charge in [0.15, 0.2) is 5.78 Å². The summed E-state index contributed by atoms with van der Waals surface area (Å²) in [5.74, 6) is -3.77. The highest BCUT2D eigenvalue weighted by atomic mass is 16.6. The molecule has 3 aromatic carbocycles. The van der Waals surface area contributed by atoms with Crippen molar-refractivity contribution in [2.75, 3.05) is 44.1 Å². The number of ketones is 1. The molecule has 0 bridgehead atoms. The summed E-state index contributed by atoms with van der Waals surface area (Å²) in [5, 5.41) is 5.67. The van der Waals surface area contributed by atoms with Gasteiger partial charge in [-0.05, 0) is 81.4 Å². The number of anilines is 2. The van der Waals surface area contributed by atoms with Crippen LogP contribution in [-0.2, 0) is 28.5 Å². The summed E-state index contributed by atoms with van der Waals surface area (Å²) in [5.41, 5.74) is 0.318. The fourth-order valence-electron chi connectivity index (χ4n) is 3.99. The Morgan fingerprint density at radius 2 is 0.980 bits per heavy atom. The Kier molecular flexibility index (Phi) is 13.4. The molecule has 13 nitrogen and oxygen atoms in total. The number of rotatable bonds is 16. The van der Waals surface area contributed by atoms with E-state index in [4.69, 9.17) is 23.7 Å². The van der Waals surface area contributed by atoms with Crippen molar-refractivity contribution in [2.45, 2.75) is 20.8 Å². The molecule has 0 aliphatic rings. The lowest BCUT2D eigenvalue weighted by atomic mass is 9.95. The van der Waals surface area contributed by atoms with E-state index < -0.39 is 35.6 Å². The molecule has 0 radical (unpaired) electrons. The minimum Gasteiger partial charge on any atom is -0.459 e. The third-order valence-electron chi connectivity index (χ3n) is 6.51. The van der Waals surface area contributed by atoms with E-state index >= 15 is 0 Å². The van der Waals surface area contributed by atoms with Gasteiger partial charge in [0, 0.05) is 35.1 Å². The number of benzene rings is 3. The summed E-state index contributed by atoms with van der Waals surface area (Å²) >= 11 is 0. The van der Waals surface area contributed by atoms with Gasteiger partial charge >= 0.3 is 23.9 Å². The highest BCUT2D eigenvalue weighted by molar-refractivity contribution is 6.15. The molecule has 0 saturated carbocycles. The van der Waals surface area contributed by atoms with Crippen LogP contribution in [0.5, 0.6) is 11.5 Å². The van der Waals surface area contributed by atoms with Gasteiger partial charge in [-0.25, -0.2) is 19.2 Å². The van der Waals surface area contributed by atoms with Gasteiger partial charge in [-0.1, -0.05) is 13.2 Å². The fourth-order valence-corrected chi connectivity index (χ4v) is 3.99. The van der Waals surface area contributed by atoms with Gasteiger partial charge in [0.25, 0.3) is 5.91 Å². The molecule has 3 rings (SSSR count). The molecule has 0 spiro atoms. The predicted molar refractivity (Wildman–Crippen MR) is 179 cm³/mol. The van der Waals surface area contributed by atoms with Gasteiger partial charge in [-0.2, -0.15) is 0 Å². The number of Topliss-reactive ketones (excluding diaryl/α,β-unsaturated/α-hetero) is 1. The fraction of sp³-hybridized carbons (Fsp3) is 0.222. The van der Waals surface area contributed by atoms with Crippen LogP contribution in [0.1, 0.15) is 62.2 Å². The second-order valence-corrected chi connectivity index (χ2v) is 10.5. The van der Waals surface area contributed by atoms with E-state index in [0.29, 0.717) is 17.2 Å². The van der Waals surface area contributed by atoms with Crippen LogP contribution in [0.25, 0.3) is 0 Å². The number of amides is 1. The quantitative estimate of drug-likeness (QED) is 0.0642. The number of hydrogen-bond donors (Lipinski definition) is 2. The highest BCUT2D eigenvalue weighted by Gasteiger charge is 2.27. The van der Waals surface area contributed by atoms with Crippen LogP contribution >= 0.6 is 0 Å². The van der Waals surface area contributed by atoms with Crippen molar-refractivity contribution < 1.29 is 52.5 Å². The molecule has 49 heavy (non-hydrogen) atoms. The lowest BCUT2D eigenvalue weighted by Crippen LogP contribution is -2.23. The van der Waals surface area contributed by atoms with Crippen LogP contribution < -0.4 is 15.4 Å². The summed E-state index contributed by atoms with van der Waals surface area (Å²) in [4.78, 5) is 75.7. The standard InChI is InChI=1S/C36H36N2O11/c1-21(2)33(41)45-15-17-47-35(43)30-20-29(31(19-28(30)23(5)39)36(44)48-18-16-46-34(42)22(3)4)32(40)38-25-9-13-27(14-10-25)49-26-11-7-24(37-6)8-12-26/h7-14,19-20,37H,1,3,15-18H2,2,4-6H3,(H,38,40). The monoisotopic (exact) mass is 672 g/mol. The van der Waals surface area contributed by atoms with Gasteiger partial charge in [-0.3, -0.25) is 9.59 Å². The molecule has 0 aromatic heterocycles. The average molecular weight is 673 g/mol. The Morgan fingerprint density at radius 3 is 1.41 bits per heavy atom. The van der Waals surface area contributed by atoms with Gasteiger partial charge < -0.3 is 34.3 Å². The molecule has 1 amide bonds. The molecule has 0 saturated heterocycles. The van der Waals surface area contributed by atoms with Crippen molar-refractivity contribution in [1.29, 1.82) is 0 Å². The zero-order chi connectivity index (χ0) is 36.1. The number of hydrogen-bond acceptors (Lipinski definition) is 12. The van der Waals surface area contributed by atoms with Crippen LogP contribution in [0.3, 0.4) is 0 Å². The number of ether oxygens (including phenoxy) is 5. The Bertz CT molecular complexity index is 1760. The summed E-state index contributed by atoms with van der Waals surface area (Å²) in [6, 6.07) is 15.7. The minimum atomic E-state index is -1.03. The normalized spacial score (nSPS) is 10.2. The lowest BCUT2D eigenvalue weighted by molar-refractivity contribution is -0.140. The molecule has 256 valence electrons. The first kappa shape index (κ1) is 37.2. The molecule has 3 aromatic rings. The Hall–Kier alpha value is -6.24. The molecular formula is C36H36N2O11. The summed E-state index contributed by atoms with van der Waals surface area (Å²) in [6.45, 7) is 9.66. The third kappa shape index (κ3) is 10.9. The van der Waals surface area contributed by atoms with Crippen LogP contribution in [-0.4, -0.2) is 69.0 Å². The van der Waals surface area contributed by atoms with Crippen molar-refractivity contribution in [1.82, 2.24) is 0 Å². The van der Waals surface area contributed by atoms with Crippen molar-refractivity contribution in [3.8, 4) is 11.5 Å². The molecule has 0 fully saturated rings. The predicted octanol–water partition coefficient (Wildman–Crippen LogP) is 5.53. The summed E-state index contributed by atoms with van der Waals surface area (Å²) in [7, 11) is 1.80. The van der Waals surface area contributed by atoms with Gasteiger partial charge in [0.05, 0.1) is 16.7 Å². The highest BCUT2D eigenvalue weighted by Crippen LogP contribution is 2.26. The maximum atomic E-state index is 13.6. The maximum Gasteiger partial charge on any atom is 0.339 e. The summed E-state index contributed by atoms with van der Waals surface area (Å²) < 4.78 is 26.1. The van der Waals surface area contributed by atoms with E-state index in [0.717, 1.165) is 24.7 Å². The van der Waals surface area contributed by atoms with Crippen LogP contribution in [0.2, 0.25) is 0 Å². The van der Waals surface area contributed by atoms with Crippen molar-refractivity contribution in [2.24, 2.45) is 0 Å². The Morgan fingerprint density at radius 1 is 0.571 bits per heavy atom. The Balaban J connectivity index is 1.87. The molecule has 0 aliphatic heterocycles. The largest absolute Gasteiger partial charge is 0.459 e. The van der Waals surface area contributed by atoms with E-state index in [1.165, 1.54) is 13.8 Å². The van der Waals surface area contributed by atoms with E-state index in [1.807, 2.05) is 12.1 Å². The minimum absolute atomic E-state index is 0.149.